The van der Waals surface area contributed by atoms with Crippen LogP contribution in [0.15, 0.2) is 54.6 Å². The SMILES string of the molecule is O=C1OC(=O)c2cc3nc(-c4ccccc4)sc3c3cccc1c23. The van der Waals surface area contributed by atoms with Crippen LogP contribution in [0.4, 0.5) is 0 Å². The summed E-state index contributed by atoms with van der Waals surface area (Å²) in [5.74, 6) is -1.20. The van der Waals surface area contributed by atoms with E-state index in [2.05, 4.69) is 4.98 Å². The van der Waals surface area contributed by atoms with E-state index in [1.807, 2.05) is 36.4 Å². The van der Waals surface area contributed by atoms with Crippen molar-refractivity contribution in [2.75, 3.05) is 0 Å². The van der Waals surface area contributed by atoms with E-state index >= 15 is 0 Å². The van der Waals surface area contributed by atoms with Gasteiger partial charge < -0.3 is 4.74 Å². The highest BCUT2D eigenvalue weighted by atomic mass is 32.1. The molecule has 1 aliphatic heterocycles. The molecule has 0 aliphatic carbocycles. The zero-order chi connectivity index (χ0) is 16.3. The summed E-state index contributed by atoms with van der Waals surface area (Å²) in [6.45, 7) is 0. The fourth-order valence-electron chi connectivity index (χ4n) is 3.09. The molecule has 0 amide bonds. The van der Waals surface area contributed by atoms with Crippen LogP contribution in [0.3, 0.4) is 0 Å². The molecule has 0 radical (unpaired) electrons. The maximum Gasteiger partial charge on any atom is 0.346 e. The largest absolute Gasteiger partial charge is 0.386 e. The van der Waals surface area contributed by atoms with E-state index in [9.17, 15) is 9.59 Å². The van der Waals surface area contributed by atoms with Gasteiger partial charge in [0.25, 0.3) is 0 Å². The average molecular weight is 331 g/mol. The number of cyclic esters (lactones) is 2. The molecule has 0 fully saturated rings. The van der Waals surface area contributed by atoms with Crippen molar-refractivity contribution in [1.29, 1.82) is 0 Å². The number of aromatic nitrogens is 1. The van der Waals surface area contributed by atoms with Crippen molar-refractivity contribution in [3.05, 3.63) is 65.7 Å². The molecular weight excluding hydrogens is 322 g/mol. The standard InChI is InChI=1S/C19H9NO3S/c21-18-12-8-4-7-11-15(12)13(19(22)23-18)9-14-16(11)24-17(20-14)10-5-2-1-3-6-10/h1-9H. The van der Waals surface area contributed by atoms with Crippen molar-refractivity contribution >= 4 is 44.3 Å². The second kappa shape index (κ2) is 4.72. The van der Waals surface area contributed by atoms with Crippen LogP contribution in [-0.4, -0.2) is 16.9 Å². The quantitative estimate of drug-likeness (QED) is 0.382. The topological polar surface area (TPSA) is 56.3 Å². The fourth-order valence-corrected chi connectivity index (χ4v) is 4.17. The summed E-state index contributed by atoms with van der Waals surface area (Å²) < 4.78 is 5.81. The molecule has 4 aromatic rings. The third-order valence-electron chi connectivity index (χ3n) is 4.16. The zero-order valence-electron chi connectivity index (χ0n) is 12.3. The van der Waals surface area contributed by atoms with E-state index in [0.717, 1.165) is 26.2 Å². The first-order chi connectivity index (χ1) is 11.7. The number of carbonyl (C=O) groups is 2. The zero-order valence-corrected chi connectivity index (χ0v) is 13.1. The molecule has 0 atom stereocenters. The number of esters is 2. The molecular formula is C19H9NO3S. The minimum atomic E-state index is -0.611. The van der Waals surface area contributed by atoms with Crippen molar-refractivity contribution < 1.29 is 14.3 Å². The number of nitrogens with zero attached hydrogens (tertiary/aromatic N) is 1. The van der Waals surface area contributed by atoms with Crippen molar-refractivity contribution in [3.8, 4) is 10.6 Å². The van der Waals surface area contributed by atoms with Crippen LogP contribution in [0.5, 0.6) is 0 Å². The van der Waals surface area contributed by atoms with Gasteiger partial charge >= 0.3 is 11.9 Å². The van der Waals surface area contributed by atoms with Gasteiger partial charge in [-0.05, 0) is 12.1 Å². The number of thiazole rings is 1. The first-order valence-corrected chi connectivity index (χ1v) is 8.22. The lowest BCUT2D eigenvalue weighted by Crippen LogP contribution is -2.19. The van der Waals surface area contributed by atoms with Gasteiger partial charge in [-0.2, -0.15) is 0 Å². The number of carbonyl (C=O) groups excluding carboxylic acids is 2. The summed E-state index contributed by atoms with van der Waals surface area (Å²) >= 11 is 1.56. The molecule has 114 valence electrons. The fraction of sp³-hybridized carbons (Fsp3) is 0. The number of hydrogen-bond donors (Lipinski definition) is 0. The van der Waals surface area contributed by atoms with E-state index in [0.29, 0.717) is 16.5 Å². The highest BCUT2D eigenvalue weighted by Crippen LogP contribution is 2.39. The Morgan fingerprint density at radius 2 is 1.67 bits per heavy atom. The lowest BCUT2D eigenvalue weighted by Gasteiger charge is -2.15. The summed E-state index contributed by atoms with van der Waals surface area (Å²) in [7, 11) is 0. The van der Waals surface area contributed by atoms with E-state index in [1.54, 1.807) is 29.5 Å². The van der Waals surface area contributed by atoms with Crippen LogP contribution in [0.1, 0.15) is 20.7 Å². The lowest BCUT2D eigenvalue weighted by molar-refractivity contribution is 0.0391. The number of rotatable bonds is 1. The summed E-state index contributed by atoms with van der Waals surface area (Å²) in [6.07, 6.45) is 0. The van der Waals surface area contributed by atoms with Crippen molar-refractivity contribution in [2.45, 2.75) is 0 Å². The Bertz CT molecular complexity index is 1160. The number of fused-ring (bicyclic) bond motifs is 2. The molecule has 5 rings (SSSR count). The molecule has 0 saturated heterocycles. The highest BCUT2D eigenvalue weighted by Gasteiger charge is 2.29. The van der Waals surface area contributed by atoms with Gasteiger partial charge in [0.05, 0.1) is 21.3 Å². The minimum Gasteiger partial charge on any atom is -0.386 e. The van der Waals surface area contributed by atoms with Gasteiger partial charge in [-0.15, -0.1) is 11.3 Å². The van der Waals surface area contributed by atoms with Gasteiger partial charge in [-0.3, -0.25) is 0 Å². The van der Waals surface area contributed by atoms with E-state index in [-0.39, 0.29) is 0 Å². The molecule has 0 saturated carbocycles. The third-order valence-corrected chi connectivity index (χ3v) is 5.31. The number of hydrogen-bond acceptors (Lipinski definition) is 5. The summed E-state index contributed by atoms with van der Waals surface area (Å²) in [4.78, 5) is 28.8. The van der Waals surface area contributed by atoms with E-state index < -0.39 is 11.9 Å². The number of benzene rings is 3. The van der Waals surface area contributed by atoms with Crippen molar-refractivity contribution in [1.82, 2.24) is 4.98 Å². The second-order valence-corrected chi connectivity index (χ2v) is 6.56. The predicted octanol–water partition coefficient (Wildman–Crippen LogP) is 4.43. The maximum atomic E-state index is 12.1. The minimum absolute atomic E-state index is 0.401. The van der Waals surface area contributed by atoms with Crippen LogP contribution >= 0.6 is 11.3 Å². The molecule has 1 aliphatic rings. The van der Waals surface area contributed by atoms with Crippen LogP contribution in [0.2, 0.25) is 0 Å². The molecule has 1 aromatic heterocycles. The molecule has 0 unspecified atom stereocenters. The summed E-state index contributed by atoms with van der Waals surface area (Å²) in [5.41, 5.74) is 2.60. The van der Waals surface area contributed by atoms with Gasteiger partial charge in [-0.25, -0.2) is 14.6 Å². The molecule has 2 heterocycles. The predicted molar refractivity (Wildman–Crippen MR) is 92.3 cm³/mol. The molecule has 4 nitrogen and oxygen atoms in total. The smallest absolute Gasteiger partial charge is 0.346 e. The Labute approximate surface area is 140 Å². The van der Waals surface area contributed by atoms with Gasteiger partial charge in [0.1, 0.15) is 5.01 Å². The first kappa shape index (κ1) is 13.4. The van der Waals surface area contributed by atoms with Crippen LogP contribution in [0, 0.1) is 0 Å². The normalized spacial score (nSPS) is 13.5. The van der Waals surface area contributed by atoms with E-state index in [1.165, 1.54) is 0 Å². The van der Waals surface area contributed by atoms with Gasteiger partial charge in [0.15, 0.2) is 0 Å². The molecule has 24 heavy (non-hydrogen) atoms. The average Bonchev–Trinajstić information content (AvgIpc) is 3.04. The molecule has 3 aromatic carbocycles. The Balaban J connectivity index is 1.91. The molecule has 0 bridgehead atoms. The Morgan fingerprint density at radius 1 is 0.875 bits per heavy atom. The highest BCUT2D eigenvalue weighted by molar-refractivity contribution is 7.22. The van der Waals surface area contributed by atoms with Gasteiger partial charge in [0, 0.05) is 16.3 Å². The van der Waals surface area contributed by atoms with Gasteiger partial charge in [0.2, 0.25) is 0 Å². The first-order valence-electron chi connectivity index (χ1n) is 7.40. The molecule has 5 heteroatoms. The van der Waals surface area contributed by atoms with Crippen LogP contribution in [-0.2, 0) is 4.74 Å². The molecule has 0 spiro atoms. The lowest BCUT2D eigenvalue weighted by atomic mass is 9.97. The van der Waals surface area contributed by atoms with Crippen molar-refractivity contribution in [3.63, 3.8) is 0 Å². The van der Waals surface area contributed by atoms with Crippen LogP contribution in [0.25, 0.3) is 31.6 Å². The van der Waals surface area contributed by atoms with Gasteiger partial charge in [-0.1, -0.05) is 42.5 Å². The maximum absolute atomic E-state index is 12.1. The van der Waals surface area contributed by atoms with E-state index in [4.69, 9.17) is 4.74 Å². The van der Waals surface area contributed by atoms with Crippen molar-refractivity contribution in [2.24, 2.45) is 0 Å². The second-order valence-electron chi connectivity index (χ2n) is 5.56. The summed E-state index contributed by atoms with van der Waals surface area (Å²) in [5, 5.41) is 2.41. The Kier molecular flexibility index (Phi) is 2.64. The third kappa shape index (κ3) is 1.76. The summed E-state index contributed by atoms with van der Waals surface area (Å²) in [6, 6.07) is 17.0. The Hall–Kier alpha value is -3.05. The van der Waals surface area contributed by atoms with Crippen LogP contribution < -0.4 is 0 Å². The molecule has 0 N–H and O–H groups in total. The number of ether oxygens (including phenoxy) is 1. The Morgan fingerprint density at radius 3 is 2.50 bits per heavy atom. The monoisotopic (exact) mass is 331 g/mol.